The summed E-state index contributed by atoms with van der Waals surface area (Å²) in [6.45, 7) is 2.10. The first-order chi connectivity index (χ1) is 8.15. The predicted molar refractivity (Wildman–Crippen MR) is 76.7 cm³/mol. The fourth-order valence-electron chi connectivity index (χ4n) is 1.65. The van der Waals surface area contributed by atoms with Crippen molar-refractivity contribution in [3.05, 3.63) is 26.9 Å². The Kier molecular flexibility index (Phi) is 3.96. The summed E-state index contributed by atoms with van der Waals surface area (Å²) in [5.74, 6) is 6.97. The molecule has 4 nitrogen and oxygen atoms in total. The predicted octanol–water partition coefficient (Wildman–Crippen LogP) is 3.39. The van der Waals surface area contributed by atoms with E-state index in [4.69, 9.17) is 5.84 Å². The number of aryl methyl sites for hydroxylation is 1. The Morgan fingerprint density at radius 3 is 2.71 bits per heavy atom. The van der Waals surface area contributed by atoms with Gasteiger partial charge < -0.3 is 5.43 Å². The highest BCUT2D eigenvalue weighted by Gasteiger charge is 2.10. The Morgan fingerprint density at radius 2 is 2.06 bits per heavy atom. The van der Waals surface area contributed by atoms with Crippen LogP contribution in [0.4, 0.5) is 5.82 Å². The lowest BCUT2D eigenvalue weighted by Crippen LogP contribution is -2.11. The molecule has 1 heterocycles. The van der Waals surface area contributed by atoms with Gasteiger partial charge in [-0.15, -0.1) is 0 Å². The summed E-state index contributed by atoms with van der Waals surface area (Å²) in [5.41, 5.74) is 3.51. The SMILES string of the molecule is CCCc1nc(NN)c2cc(Br)cc(Br)c2n1. The van der Waals surface area contributed by atoms with Crippen LogP contribution in [0.2, 0.25) is 0 Å². The highest BCUT2D eigenvalue weighted by Crippen LogP contribution is 2.30. The van der Waals surface area contributed by atoms with E-state index >= 15 is 0 Å². The van der Waals surface area contributed by atoms with E-state index in [1.54, 1.807) is 0 Å². The van der Waals surface area contributed by atoms with Crippen LogP contribution in [-0.4, -0.2) is 9.97 Å². The average Bonchev–Trinajstić information content (AvgIpc) is 2.29. The summed E-state index contributed by atoms with van der Waals surface area (Å²) in [4.78, 5) is 8.94. The van der Waals surface area contributed by atoms with E-state index < -0.39 is 0 Å². The van der Waals surface area contributed by atoms with Gasteiger partial charge >= 0.3 is 0 Å². The van der Waals surface area contributed by atoms with E-state index in [-0.39, 0.29) is 0 Å². The van der Waals surface area contributed by atoms with Gasteiger partial charge in [-0.1, -0.05) is 22.9 Å². The average molecular weight is 360 g/mol. The van der Waals surface area contributed by atoms with E-state index in [9.17, 15) is 0 Å². The monoisotopic (exact) mass is 358 g/mol. The van der Waals surface area contributed by atoms with Gasteiger partial charge in [0.15, 0.2) is 5.82 Å². The van der Waals surface area contributed by atoms with Crippen molar-refractivity contribution in [3.63, 3.8) is 0 Å². The van der Waals surface area contributed by atoms with Crippen molar-refractivity contribution in [2.75, 3.05) is 5.43 Å². The maximum absolute atomic E-state index is 5.51. The van der Waals surface area contributed by atoms with Gasteiger partial charge in [0.25, 0.3) is 0 Å². The molecule has 90 valence electrons. The first kappa shape index (κ1) is 12.7. The fourth-order valence-corrected chi connectivity index (χ4v) is 2.96. The van der Waals surface area contributed by atoms with Gasteiger partial charge in [0.05, 0.1) is 5.52 Å². The summed E-state index contributed by atoms with van der Waals surface area (Å²) < 4.78 is 1.89. The summed E-state index contributed by atoms with van der Waals surface area (Å²) in [6, 6.07) is 3.91. The van der Waals surface area contributed by atoms with Gasteiger partial charge in [0.2, 0.25) is 0 Å². The molecule has 6 heteroatoms. The molecule has 0 saturated heterocycles. The molecule has 0 radical (unpaired) electrons. The van der Waals surface area contributed by atoms with Crippen molar-refractivity contribution >= 4 is 48.6 Å². The second-order valence-electron chi connectivity index (χ2n) is 3.67. The molecule has 3 N–H and O–H groups in total. The van der Waals surface area contributed by atoms with Crippen molar-refractivity contribution in [3.8, 4) is 0 Å². The van der Waals surface area contributed by atoms with Crippen LogP contribution in [0.3, 0.4) is 0 Å². The number of fused-ring (bicyclic) bond motifs is 1. The summed E-state index contributed by atoms with van der Waals surface area (Å²) in [7, 11) is 0. The number of hydrogen-bond acceptors (Lipinski definition) is 4. The maximum atomic E-state index is 5.51. The Balaban J connectivity index is 2.73. The van der Waals surface area contributed by atoms with Crippen LogP contribution in [0.1, 0.15) is 19.2 Å². The minimum Gasteiger partial charge on any atom is -0.308 e. The summed E-state index contributed by atoms with van der Waals surface area (Å²) in [5, 5.41) is 0.897. The molecular formula is C11H12Br2N4. The number of nitrogens with two attached hydrogens (primary N) is 1. The molecule has 0 spiro atoms. The quantitative estimate of drug-likeness (QED) is 0.651. The molecule has 0 atom stereocenters. The Morgan fingerprint density at radius 1 is 1.29 bits per heavy atom. The highest BCUT2D eigenvalue weighted by atomic mass is 79.9. The van der Waals surface area contributed by atoms with Crippen molar-refractivity contribution in [2.24, 2.45) is 5.84 Å². The van der Waals surface area contributed by atoms with Gasteiger partial charge in [0.1, 0.15) is 5.82 Å². The van der Waals surface area contributed by atoms with Crippen LogP contribution in [0, 0.1) is 0 Å². The first-order valence-electron chi connectivity index (χ1n) is 5.28. The molecular weight excluding hydrogens is 348 g/mol. The first-order valence-corrected chi connectivity index (χ1v) is 6.86. The van der Waals surface area contributed by atoms with Gasteiger partial charge in [0, 0.05) is 20.8 Å². The molecule has 2 rings (SSSR count). The van der Waals surface area contributed by atoms with Crippen LogP contribution >= 0.6 is 31.9 Å². The van der Waals surface area contributed by atoms with Crippen LogP contribution in [0.25, 0.3) is 10.9 Å². The number of aromatic nitrogens is 2. The largest absolute Gasteiger partial charge is 0.308 e. The van der Waals surface area contributed by atoms with E-state index in [1.165, 1.54) is 0 Å². The van der Waals surface area contributed by atoms with Crippen LogP contribution in [0.5, 0.6) is 0 Å². The Labute approximate surface area is 116 Å². The Bertz CT molecular complexity index is 557. The number of benzene rings is 1. The maximum Gasteiger partial charge on any atom is 0.151 e. The normalized spacial score (nSPS) is 10.8. The van der Waals surface area contributed by atoms with Crippen molar-refractivity contribution in [1.29, 1.82) is 0 Å². The fraction of sp³-hybridized carbons (Fsp3) is 0.273. The number of nitrogens with one attached hydrogen (secondary N) is 1. The lowest BCUT2D eigenvalue weighted by atomic mass is 10.2. The third-order valence-corrected chi connectivity index (χ3v) is 3.44. The molecule has 2 aromatic rings. The third-order valence-electron chi connectivity index (χ3n) is 2.38. The van der Waals surface area contributed by atoms with Gasteiger partial charge in [-0.05, 0) is 34.5 Å². The van der Waals surface area contributed by atoms with E-state index in [1.807, 2.05) is 12.1 Å². The number of hydrazine groups is 1. The third kappa shape index (κ3) is 2.59. The van der Waals surface area contributed by atoms with Gasteiger partial charge in [-0.3, -0.25) is 0 Å². The van der Waals surface area contributed by atoms with Crippen LogP contribution in [0.15, 0.2) is 21.1 Å². The minimum atomic E-state index is 0.653. The summed E-state index contributed by atoms with van der Waals surface area (Å²) >= 11 is 6.95. The minimum absolute atomic E-state index is 0.653. The second kappa shape index (κ2) is 5.29. The molecule has 0 aliphatic rings. The number of nitrogen functional groups attached to an aromatic ring is 1. The zero-order valence-corrected chi connectivity index (χ0v) is 12.5. The van der Waals surface area contributed by atoms with E-state index in [0.29, 0.717) is 5.82 Å². The van der Waals surface area contributed by atoms with Crippen LogP contribution < -0.4 is 11.3 Å². The van der Waals surface area contributed by atoms with Crippen molar-refractivity contribution in [1.82, 2.24) is 9.97 Å². The van der Waals surface area contributed by atoms with E-state index in [0.717, 1.165) is 38.5 Å². The molecule has 1 aromatic carbocycles. The van der Waals surface area contributed by atoms with Crippen molar-refractivity contribution < 1.29 is 0 Å². The number of halogens is 2. The molecule has 0 bridgehead atoms. The summed E-state index contributed by atoms with van der Waals surface area (Å²) in [6.07, 6.45) is 1.84. The lowest BCUT2D eigenvalue weighted by molar-refractivity contribution is 0.844. The van der Waals surface area contributed by atoms with Gasteiger partial charge in [-0.2, -0.15) is 0 Å². The standard InChI is InChI=1S/C11H12Br2N4/c1-2-3-9-15-10-7(11(16-9)17-14)4-6(12)5-8(10)13/h4-5H,2-3,14H2,1H3,(H,15,16,17). The second-order valence-corrected chi connectivity index (χ2v) is 5.44. The lowest BCUT2D eigenvalue weighted by Gasteiger charge is -2.09. The number of nitrogens with zero attached hydrogens (tertiary/aromatic N) is 2. The molecule has 0 unspecified atom stereocenters. The van der Waals surface area contributed by atoms with Crippen LogP contribution in [-0.2, 0) is 6.42 Å². The van der Waals surface area contributed by atoms with Gasteiger partial charge in [-0.25, -0.2) is 15.8 Å². The molecule has 0 amide bonds. The highest BCUT2D eigenvalue weighted by molar-refractivity contribution is 9.11. The Hall–Kier alpha value is -0.720. The number of anilines is 1. The van der Waals surface area contributed by atoms with Crippen molar-refractivity contribution in [2.45, 2.75) is 19.8 Å². The zero-order valence-electron chi connectivity index (χ0n) is 9.30. The topological polar surface area (TPSA) is 63.8 Å². The molecule has 1 aromatic heterocycles. The molecule has 17 heavy (non-hydrogen) atoms. The molecule has 0 aliphatic carbocycles. The smallest absolute Gasteiger partial charge is 0.151 e. The molecule has 0 saturated carbocycles. The number of rotatable bonds is 3. The van der Waals surface area contributed by atoms with E-state index in [2.05, 4.69) is 54.2 Å². The molecule has 0 fully saturated rings. The zero-order chi connectivity index (χ0) is 12.4. The molecule has 0 aliphatic heterocycles. The number of hydrogen-bond donors (Lipinski definition) is 2.